The average molecular weight is 457 g/mol. The van der Waals surface area contributed by atoms with Gasteiger partial charge in [0, 0.05) is 16.6 Å². The average Bonchev–Trinajstić information content (AvgIpc) is 3.33. The Morgan fingerprint density at radius 3 is 2.59 bits per heavy atom. The number of nitrogens with zero attached hydrogens (tertiary/aromatic N) is 1. The van der Waals surface area contributed by atoms with Crippen LogP contribution in [-0.2, 0) is 20.9 Å². The fraction of sp³-hybridized carbons (Fsp3) is 0.217. The van der Waals surface area contributed by atoms with Crippen molar-refractivity contribution in [1.29, 1.82) is 0 Å². The van der Waals surface area contributed by atoms with E-state index in [2.05, 4.69) is 0 Å². The number of anilines is 1. The van der Waals surface area contributed by atoms with Crippen LogP contribution in [0.15, 0.2) is 60.0 Å². The standard InChI is InChI=1S/C23H20FNO6S/c24-18-5-1-2-6-19(18)30-15-23(27)31-14-22(26)25(13-17-4-3-11-32-17)16-7-8-20-21(12-16)29-10-9-28-20/h1-8,11-12H,9-10,13-15H2. The Morgan fingerprint density at radius 1 is 1.00 bits per heavy atom. The highest BCUT2D eigenvalue weighted by Crippen LogP contribution is 2.34. The lowest BCUT2D eigenvalue weighted by Crippen LogP contribution is -2.34. The third-order valence-electron chi connectivity index (χ3n) is 4.57. The quantitative estimate of drug-likeness (QED) is 0.479. The molecule has 0 atom stereocenters. The van der Waals surface area contributed by atoms with Gasteiger partial charge in [0.1, 0.15) is 13.2 Å². The molecule has 0 saturated heterocycles. The van der Waals surface area contributed by atoms with Gasteiger partial charge in [-0.1, -0.05) is 18.2 Å². The summed E-state index contributed by atoms with van der Waals surface area (Å²) in [5.41, 5.74) is 0.589. The molecule has 0 bridgehead atoms. The van der Waals surface area contributed by atoms with Crippen molar-refractivity contribution in [3.8, 4) is 17.2 Å². The highest BCUT2D eigenvalue weighted by Gasteiger charge is 2.22. The number of esters is 1. The Balaban J connectivity index is 1.41. The maximum Gasteiger partial charge on any atom is 0.344 e. The first-order valence-corrected chi connectivity index (χ1v) is 10.7. The number of ether oxygens (including phenoxy) is 4. The fourth-order valence-electron chi connectivity index (χ4n) is 3.04. The molecular formula is C23H20FNO6S. The molecule has 0 N–H and O–H groups in total. The van der Waals surface area contributed by atoms with Gasteiger partial charge in [-0.25, -0.2) is 9.18 Å². The molecule has 1 aliphatic rings. The van der Waals surface area contributed by atoms with E-state index in [1.807, 2.05) is 17.5 Å². The number of fused-ring (bicyclic) bond motifs is 1. The zero-order valence-electron chi connectivity index (χ0n) is 17.0. The molecule has 2 heterocycles. The summed E-state index contributed by atoms with van der Waals surface area (Å²) in [5.74, 6) is -0.689. The zero-order valence-corrected chi connectivity index (χ0v) is 17.8. The predicted molar refractivity (Wildman–Crippen MR) is 116 cm³/mol. The molecule has 1 amide bonds. The summed E-state index contributed by atoms with van der Waals surface area (Å²) < 4.78 is 34.9. The first kappa shape index (κ1) is 21.6. The molecule has 1 aromatic heterocycles. The summed E-state index contributed by atoms with van der Waals surface area (Å²) in [6, 6.07) is 14.8. The summed E-state index contributed by atoms with van der Waals surface area (Å²) in [6.07, 6.45) is 0. The summed E-state index contributed by atoms with van der Waals surface area (Å²) in [6.45, 7) is 0.200. The fourth-order valence-corrected chi connectivity index (χ4v) is 3.73. The minimum absolute atomic E-state index is 0.0635. The maximum atomic E-state index is 13.6. The molecule has 166 valence electrons. The van der Waals surface area contributed by atoms with Crippen molar-refractivity contribution in [2.24, 2.45) is 0 Å². The van der Waals surface area contributed by atoms with E-state index in [-0.39, 0.29) is 5.75 Å². The number of rotatable bonds is 8. The Bertz CT molecular complexity index is 1090. The number of carbonyl (C=O) groups is 2. The van der Waals surface area contributed by atoms with Crippen LogP contribution < -0.4 is 19.1 Å². The minimum atomic E-state index is -0.778. The minimum Gasteiger partial charge on any atom is -0.486 e. The molecule has 32 heavy (non-hydrogen) atoms. The van der Waals surface area contributed by atoms with Crippen LogP contribution in [0.4, 0.5) is 10.1 Å². The van der Waals surface area contributed by atoms with Crippen molar-refractivity contribution >= 4 is 28.9 Å². The molecule has 0 saturated carbocycles. The third-order valence-corrected chi connectivity index (χ3v) is 5.43. The Kier molecular flexibility index (Phi) is 6.86. The van der Waals surface area contributed by atoms with Crippen LogP contribution in [-0.4, -0.2) is 38.3 Å². The van der Waals surface area contributed by atoms with E-state index in [1.54, 1.807) is 24.3 Å². The zero-order chi connectivity index (χ0) is 22.3. The van der Waals surface area contributed by atoms with Gasteiger partial charge < -0.3 is 23.8 Å². The van der Waals surface area contributed by atoms with Crippen LogP contribution in [0.5, 0.6) is 17.2 Å². The molecule has 1 aliphatic heterocycles. The van der Waals surface area contributed by atoms with Gasteiger partial charge in [0.25, 0.3) is 5.91 Å². The first-order valence-electron chi connectivity index (χ1n) is 9.85. The van der Waals surface area contributed by atoms with E-state index < -0.39 is 30.9 Å². The number of halogens is 1. The number of hydrogen-bond acceptors (Lipinski definition) is 7. The van der Waals surface area contributed by atoms with Crippen molar-refractivity contribution in [1.82, 2.24) is 0 Å². The second kappa shape index (κ2) is 10.1. The Labute approximate surface area is 187 Å². The van der Waals surface area contributed by atoms with Gasteiger partial charge in [-0.2, -0.15) is 0 Å². The summed E-state index contributed by atoms with van der Waals surface area (Å²) in [4.78, 5) is 27.4. The van der Waals surface area contributed by atoms with Gasteiger partial charge in [0.2, 0.25) is 0 Å². The molecule has 0 spiro atoms. The van der Waals surface area contributed by atoms with Crippen molar-refractivity contribution in [3.63, 3.8) is 0 Å². The van der Waals surface area contributed by atoms with E-state index in [1.165, 1.54) is 34.4 Å². The summed E-state index contributed by atoms with van der Waals surface area (Å²) >= 11 is 1.51. The monoisotopic (exact) mass is 457 g/mol. The highest BCUT2D eigenvalue weighted by atomic mass is 32.1. The first-order chi connectivity index (χ1) is 15.6. The normalized spacial score (nSPS) is 12.2. The molecule has 0 aliphatic carbocycles. The van der Waals surface area contributed by atoms with E-state index in [9.17, 15) is 14.0 Å². The van der Waals surface area contributed by atoms with Gasteiger partial charge in [0.15, 0.2) is 36.3 Å². The third kappa shape index (κ3) is 5.36. The number of para-hydroxylation sites is 1. The van der Waals surface area contributed by atoms with Gasteiger partial charge >= 0.3 is 5.97 Å². The molecule has 0 unspecified atom stereocenters. The van der Waals surface area contributed by atoms with Crippen molar-refractivity contribution in [2.75, 3.05) is 31.3 Å². The van der Waals surface area contributed by atoms with E-state index in [0.717, 1.165) is 4.88 Å². The van der Waals surface area contributed by atoms with E-state index >= 15 is 0 Å². The largest absolute Gasteiger partial charge is 0.486 e. The second-order valence-electron chi connectivity index (χ2n) is 6.77. The Hall–Kier alpha value is -3.59. The lowest BCUT2D eigenvalue weighted by molar-refractivity contribution is -0.149. The lowest BCUT2D eigenvalue weighted by atomic mass is 10.2. The second-order valence-corrected chi connectivity index (χ2v) is 7.80. The number of carbonyl (C=O) groups excluding carboxylic acids is 2. The van der Waals surface area contributed by atoms with Crippen LogP contribution in [0.2, 0.25) is 0 Å². The number of hydrogen-bond donors (Lipinski definition) is 0. The van der Waals surface area contributed by atoms with Crippen LogP contribution in [0.1, 0.15) is 4.88 Å². The smallest absolute Gasteiger partial charge is 0.344 e. The van der Waals surface area contributed by atoms with E-state index in [0.29, 0.717) is 36.9 Å². The van der Waals surface area contributed by atoms with Crippen LogP contribution in [0.3, 0.4) is 0 Å². The lowest BCUT2D eigenvalue weighted by Gasteiger charge is -2.25. The topological polar surface area (TPSA) is 74.3 Å². The van der Waals surface area contributed by atoms with Crippen LogP contribution in [0.25, 0.3) is 0 Å². The van der Waals surface area contributed by atoms with E-state index in [4.69, 9.17) is 18.9 Å². The number of thiophene rings is 1. The van der Waals surface area contributed by atoms with Crippen LogP contribution in [0, 0.1) is 5.82 Å². The number of amides is 1. The molecule has 9 heteroatoms. The predicted octanol–water partition coefficient (Wildman–Crippen LogP) is 3.81. The Morgan fingerprint density at radius 2 is 1.81 bits per heavy atom. The molecule has 7 nitrogen and oxygen atoms in total. The van der Waals surface area contributed by atoms with Gasteiger partial charge in [-0.05, 0) is 35.7 Å². The maximum absolute atomic E-state index is 13.6. The highest BCUT2D eigenvalue weighted by molar-refractivity contribution is 7.09. The van der Waals surface area contributed by atoms with Gasteiger partial charge in [0.05, 0.1) is 6.54 Å². The van der Waals surface area contributed by atoms with Crippen molar-refractivity contribution in [3.05, 3.63) is 70.7 Å². The SMILES string of the molecule is O=C(COc1ccccc1F)OCC(=O)N(Cc1cccs1)c1ccc2c(c1)OCCO2. The summed E-state index contributed by atoms with van der Waals surface area (Å²) in [7, 11) is 0. The van der Waals surface area contributed by atoms with Crippen molar-refractivity contribution < 1.29 is 32.9 Å². The number of benzene rings is 2. The molecule has 2 aromatic carbocycles. The van der Waals surface area contributed by atoms with Gasteiger partial charge in [-0.3, -0.25) is 4.79 Å². The van der Waals surface area contributed by atoms with Crippen LogP contribution >= 0.6 is 11.3 Å². The molecule has 3 aromatic rings. The van der Waals surface area contributed by atoms with Gasteiger partial charge in [-0.15, -0.1) is 11.3 Å². The molecular weight excluding hydrogens is 437 g/mol. The van der Waals surface area contributed by atoms with Crippen molar-refractivity contribution in [2.45, 2.75) is 6.54 Å². The molecule has 0 fully saturated rings. The molecule has 0 radical (unpaired) electrons. The summed E-state index contributed by atoms with van der Waals surface area (Å²) in [5, 5.41) is 1.92. The molecule has 4 rings (SSSR count).